The average Bonchev–Trinajstić information content (AvgIpc) is 3.17. The maximum Gasteiger partial charge on any atom is 0.238 e. The molecule has 0 aliphatic rings. The molecule has 5 nitrogen and oxygen atoms in total. The third-order valence-electron chi connectivity index (χ3n) is 5.41. The molecule has 170 valence electrons. The van der Waals surface area contributed by atoms with Gasteiger partial charge in [0.25, 0.3) is 0 Å². The second-order valence-electron chi connectivity index (χ2n) is 7.74. The second kappa shape index (κ2) is 9.69. The average molecular weight is 500 g/mol. The van der Waals surface area contributed by atoms with E-state index in [1.807, 2.05) is 53.2 Å². The third kappa shape index (κ3) is 5.14. The maximum atomic E-state index is 11.7. The lowest BCUT2D eigenvalue weighted by molar-refractivity contribution is 0.598. The molecule has 8 heteroatoms. The van der Waals surface area contributed by atoms with Crippen molar-refractivity contribution >= 4 is 33.2 Å². The zero-order valence-electron chi connectivity index (χ0n) is 18.0. The Labute approximate surface area is 203 Å². The topological polar surface area (TPSA) is 78.0 Å². The van der Waals surface area contributed by atoms with Crippen LogP contribution in [0.15, 0.2) is 77.7 Å². The first kappa shape index (κ1) is 23.5. The van der Waals surface area contributed by atoms with Crippen molar-refractivity contribution in [2.75, 3.05) is 0 Å². The largest absolute Gasteiger partial charge is 0.238 e. The van der Waals surface area contributed by atoms with Crippen molar-refractivity contribution in [3.05, 3.63) is 88.4 Å². The first-order valence-corrected chi connectivity index (χ1v) is 12.8. The monoisotopic (exact) mass is 499 g/mol. The van der Waals surface area contributed by atoms with E-state index in [4.69, 9.17) is 33.4 Å². The van der Waals surface area contributed by atoms with Crippen LogP contribution in [0.1, 0.15) is 25.3 Å². The molecular formula is C25H23Cl2N3O2S. The van der Waals surface area contributed by atoms with E-state index in [1.54, 1.807) is 12.1 Å². The number of nitrogens with zero attached hydrogens (tertiary/aromatic N) is 2. The molecule has 2 N–H and O–H groups in total. The molecule has 0 fully saturated rings. The molecule has 0 amide bonds. The van der Waals surface area contributed by atoms with Gasteiger partial charge in [-0.25, -0.2) is 18.2 Å². The number of rotatable bonds is 7. The fraction of sp³-hybridized carbons (Fsp3) is 0.160. The molecule has 0 saturated heterocycles. The highest BCUT2D eigenvalue weighted by Gasteiger charge is 2.21. The van der Waals surface area contributed by atoms with E-state index in [-0.39, 0.29) is 4.90 Å². The van der Waals surface area contributed by atoms with Gasteiger partial charge in [0.15, 0.2) is 0 Å². The molecule has 0 spiro atoms. The van der Waals surface area contributed by atoms with Gasteiger partial charge in [-0.1, -0.05) is 60.8 Å². The van der Waals surface area contributed by atoms with E-state index < -0.39 is 10.0 Å². The van der Waals surface area contributed by atoms with E-state index >= 15 is 0 Å². The zero-order chi connectivity index (χ0) is 23.6. The minimum Gasteiger partial charge on any atom is -0.232 e. The summed E-state index contributed by atoms with van der Waals surface area (Å²) in [5, 5.41) is 11.6. The lowest BCUT2D eigenvalue weighted by Gasteiger charge is -2.11. The van der Waals surface area contributed by atoms with Gasteiger partial charge in [-0.05, 0) is 61.4 Å². The zero-order valence-corrected chi connectivity index (χ0v) is 20.3. The summed E-state index contributed by atoms with van der Waals surface area (Å²) in [7, 11) is -3.79. The summed E-state index contributed by atoms with van der Waals surface area (Å²) >= 11 is 12.3. The summed E-state index contributed by atoms with van der Waals surface area (Å²) in [6.45, 7) is 2.15. The van der Waals surface area contributed by atoms with Crippen molar-refractivity contribution < 1.29 is 8.42 Å². The molecule has 4 rings (SSSR count). The van der Waals surface area contributed by atoms with Crippen molar-refractivity contribution in [1.29, 1.82) is 0 Å². The summed E-state index contributed by atoms with van der Waals surface area (Å²) in [4.78, 5) is 0.0515. The smallest absolute Gasteiger partial charge is 0.232 e. The number of hydrogen-bond donors (Lipinski definition) is 1. The normalized spacial score (nSPS) is 11.6. The fourth-order valence-electron chi connectivity index (χ4n) is 3.75. The molecule has 0 aliphatic heterocycles. The molecule has 0 bridgehead atoms. The van der Waals surface area contributed by atoms with Gasteiger partial charge in [0, 0.05) is 26.7 Å². The molecule has 4 aromatic rings. The van der Waals surface area contributed by atoms with Crippen molar-refractivity contribution in [2.45, 2.75) is 31.1 Å². The number of benzene rings is 3. The van der Waals surface area contributed by atoms with Crippen LogP contribution in [0.2, 0.25) is 10.0 Å². The molecular weight excluding hydrogens is 477 g/mol. The van der Waals surface area contributed by atoms with Crippen LogP contribution < -0.4 is 5.14 Å². The Hall–Kier alpha value is -2.64. The van der Waals surface area contributed by atoms with Crippen LogP contribution in [-0.4, -0.2) is 18.2 Å². The Bertz CT molecular complexity index is 1360. The Balaban J connectivity index is 1.97. The predicted molar refractivity (Wildman–Crippen MR) is 134 cm³/mol. The van der Waals surface area contributed by atoms with Gasteiger partial charge >= 0.3 is 0 Å². The lowest BCUT2D eigenvalue weighted by Crippen LogP contribution is -2.12. The van der Waals surface area contributed by atoms with Crippen molar-refractivity contribution in [2.24, 2.45) is 5.14 Å². The molecule has 33 heavy (non-hydrogen) atoms. The van der Waals surface area contributed by atoms with Gasteiger partial charge in [0.1, 0.15) is 0 Å². The van der Waals surface area contributed by atoms with Crippen LogP contribution in [0, 0.1) is 0 Å². The predicted octanol–water partition coefficient (Wildman–Crippen LogP) is 6.50. The molecule has 1 aromatic heterocycles. The van der Waals surface area contributed by atoms with Gasteiger partial charge < -0.3 is 0 Å². The first-order valence-electron chi connectivity index (χ1n) is 10.5. The number of aromatic nitrogens is 2. The molecule has 0 saturated carbocycles. The lowest BCUT2D eigenvalue weighted by atomic mass is 9.97. The van der Waals surface area contributed by atoms with Crippen LogP contribution in [0.5, 0.6) is 0 Å². The van der Waals surface area contributed by atoms with Gasteiger partial charge in [-0.3, -0.25) is 0 Å². The number of sulfonamides is 1. The standard InChI is InChI=1S/C25H23Cl2N3O2S/c1-2-3-4-23-24(17-5-9-19(26)10-6-17)29-30(25(23)18-7-11-20(27)12-8-18)21-13-15-22(16-14-21)33(28,31)32/h5-16H,2-4H2,1H3,(H2,28,31,32). The van der Waals surface area contributed by atoms with Gasteiger partial charge in [0.2, 0.25) is 10.0 Å². The number of unbranched alkanes of at least 4 members (excludes halogenated alkanes) is 1. The van der Waals surface area contributed by atoms with Crippen LogP contribution in [-0.2, 0) is 16.4 Å². The third-order valence-corrected chi connectivity index (χ3v) is 6.84. The van der Waals surface area contributed by atoms with E-state index in [1.165, 1.54) is 12.1 Å². The van der Waals surface area contributed by atoms with E-state index in [0.717, 1.165) is 53.0 Å². The van der Waals surface area contributed by atoms with Crippen LogP contribution in [0.3, 0.4) is 0 Å². The summed E-state index contributed by atoms with van der Waals surface area (Å²) in [6.07, 6.45) is 2.87. The van der Waals surface area contributed by atoms with Crippen molar-refractivity contribution in [3.8, 4) is 28.2 Å². The maximum absolute atomic E-state index is 11.7. The van der Waals surface area contributed by atoms with Crippen LogP contribution in [0.25, 0.3) is 28.2 Å². The Morgan fingerprint density at radius 3 is 1.91 bits per heavy atom. The van der Waals surface area contributed by atoms with E-state index in [0.29, 0.717) is 10.0 Å². The van der Waals surface area contributed by atoms with Gasteiger partial charge in [0.05, 0.1) is 22.0 Å². The number of nitrogens with two attached hydrogens (primary N) is 1. The molecule has 0 unspecified atom stereocenters. The minimum absolute atomic E-state index is 0.0515. The van der Waals surface area contributed by atoms with Crippen LogP contribution in [0.4, 0.5) is 0 Å². The molecule has 0 radical (unpaired) electrons. The quantitative estimate of drug-likeness (QED) is 0.315. The van der Waals surface area contributed by atoms with Gasteiger partial charge in [-0.15, -0.1) is 0 Å². The van der Waals surface area contributed by atoms with E-state index in [9.17, 15) is 8.42 Å². The summed E-state index contributed by atoms with van der Waals surface area (Å²) < 4.78 is 25.3. The highest BCUT2D eigenvalue weighted by atomic mass is 35.5. The number of primary sulfonamides is 1. The molecule has 1 heterocycles. The first-order chi connectivity index (χ1) is 15.8. The van der Waals surface area contributed by atoms with Gasteiger partial charge in [-0.2, -0.15) is 5.10 Å². The highest BCUT2D eigenvalue weighted by Crippen LogP contribution is 2.36. The second-order valence-corrected chi connectivity index (χ2v) is 10.2. The summed E-state index contributed by atoms with van der Waals surface area (Å²) in [5.74, 6) is 0. The van der Waals surface area contributed by atoms with E-state index in [2.05, 4.69) is 6.92 Å². The number of halogens is 2. The summed E-state index contributed by atoms with van der Waals surface area (Å²) in [6, 6.07) is 21.7. The molecule has 3 aromatic carbocycles. The Morgan fingerprint density at radius 2 is 1.39 bits per heavy atom. The van der Waals surface area contributed by atoms with Crippen LogP contribution >= 0.6 is 23.2 Å². The Kier molecular flexibility index (Phi) is 6.91. The number of hydrogen-bond acceptors (Lipinski definition) is 3. The highest BCUT2D eigenvalue weighted by molar-refractivity contribution is 7.89. The fourth-order valence-corrected chi connectivity index (χ4v) is 4.52. The SMILES string of the molecule is CCCCc1c(-c2ccc(Cl)cc2)nn(-c2ccc(S(N)(=O)=O)cc2)c1-c1ccc(Cl)cc1. The summed E-state index contributed by atoms with van der Waals surface area (Å²) in [5.41, 5.74) is 5.56. The minimum atomic E-state index is -3.79. The molecule has 0 atom stereocenters. The van der Waals surface area contributed by atoms with Crippen molar-refractivity contribution in [1.82, 2.24) is 9.78 Å². The molecule has 0 aliphatic carbocycles. The van der Waals surface area contributed by atoms with Crippen molar-refractivity contribution in [3.63, 3.8) is 0 Å². The Morgan fingerprint density at radius 1 is 0.848 bits per heavy atom.